The van der Waals surface area contributed by atoms with Crippen LogP contribution in [0.1, 0.15) is 13.0 Å². The molecule has 0 aliphatic heterocycles. The summed E-state index contributed by atoms with van der Waals surface area (Å²) in [6, 6.07) is -0.790. The second-order valence-corrected chi connectivity index (χ2v) is 2.44. The largest absolute Gasteiger partial charge is 0.480 e. The zero-order chi connectivity index (χ0) is 9.30. The predicted molar refractivity (Wildman–Crippen MR) is 43.4 cm³/mol. The summed E-state index contributed by atoms with van der Waals surface area (Å²) in [6.45, 7) is 1.48. The van der Waals surface area contributed by atoms with E-state index in [4.69, 9.17) is 16.6 Å². The summed E-state index contributed by atoms with van der Waals surface area (Å²) in [4.78, 5) is 10.5. The second kappa shape index (κ2) is 2.72. The molecule has 0 amide bonds. The molecular formula is C6H10N4O2. The molecule has 1 atom stereocenters. The van der Waals surface area contributed by atoms with Crippen LogP contribution in [0.3, 0.4) is 0 Å². The molecule has 0 bridgehead atoms. The van der Waals surface area contributed by atoms with Crippen molar-refractivity contribution in [2.24, 2.45) is 0 Å². The first kappa shape index (κ1) is 8.38. The number of aromatic nitrogens is 2. The number of aliphatic carboxylic acids is 1. The molecule has 1 unspecified atom stereocenters. The Balaban J connectivity index is 3.03. The van der Waals surface area contributed by atoms with Gasteiger partial charge in [0.25, 0.3) is 0 Å². The maximum Gasteiger partial charge on any atom is 0.328 e. The molecule has 1 heterocycles. The van der Waals surface area contributed by atoms with Crippen molar-refractivity contribution >= 4 is 17.5 Å². The Kier molecular flexibility index (Phi) is 1.90. The maximum atomic E-state index is 10.5. The van der Waals surface area contributed by atoms with Crippen molar-refractivity contribution in [1.29, 1.82) is 0 Å². The van der Waals surface area contributed by atoms with Gasteiger partial charge in [-0.3, -0.25) is 0 Å². The van der Waals surface area contributed by atoms with Gasteiger partial charge in [0.2, 0.25) is 0 Å². The minimum absolute atomic E-state index is 0.185. The van der Waals surface area contributed by atoms with Crippen molar-refractivity contribution in [1.82, 2.24) is 9.78 Å². The van der Waals surface area contributed by atoms with E-state index >= 15 is 0 Å². The number of anilines is 2. The molecule has 66 valence electrons. The van der Waals surface area contributed by atoms with Crippen molar-refractivity contribution in [2.45, 2.75) is 13.0 Å². The van der Waals surface area contributed by atoms with Gasteiger partial charge in [-0.05, 0) is 6.92 Å². The number of nitrogens with zero attached hydrogens (tertiary/aromatic N) is 2. The molecule has 1 rings (SSSR count). The zero-order valence-electron chi connectivity index (χ0n) is 6.56. The van der Waals surface area contributed by atoms with Gasteiger partial charge in [-0.2, -0.15) is 5.10 Å². The number of carboxylic acids is 1. The lowest BCUT2D eigenvalue weighted by atomic mass is 10.3. The Hall–Kier alpha value is -1.72. The van der Waals surface area contributed by atoms with Crippen LogP contribution in [0.25, 0.3) is 0 Å². The van der Waals surface area contributed by atoms with Gasteiger partial charge in [0.05, 0.1) is 11.9 Å². The lowest BCUT2D eigenvalue weighted by Crippen LogP contribution is -2.18. The fourth-order valence-electron chi connectivity index (χ4n) is 0.798. The van der Waals surface area contributed by atoms with Crippen LogP contribution in [0.4, 0.5) is 11.5 Å². The van der Waals surface area contributed by atoms with Gasteiger partial charge in [-0.1, -0.05) is 0 Å². The number of carboxylic acid groups (broad SMARTS) is 1. The highest BCUT2D eigenvalue weighted by molar-refractivity contribution is 5.73. The molecule has 1 aromatic heterocycles. The highest BCUT2D eigenvalue weighted by atomic mass is 16.4. The van der Waals surface area contributed by atoms with Gasteiger partial charge < -0.3 is 16.6 Å². The molecule has 5 N–H and O–H groups in total. The third-order valence-electron chi connectivity index (χ3n) is 1.59. The fraction of sp³-hybridized carbons (Fsp3) is 0.333. The van der Waals surface area contributed by atoms with Gasteiger partial charge in [-0.25, -0.2) is 9.48 Å². The van der Waals surface area contributed by atoms with Crippen LogP contribution >= 0.6 is 0 Å². The van der Waals surface area contributed by atoms with Crippen molar-refractivity contribution in [2.75, 3.05) is 11.5 Å². The van der Waals surface area contributed by atoms with Gasteiger partial charge in [-0.15, -0.1) is 0 Å². The highest BCUT2D eigenvalue weighted by Gasteiger charge is 2.17. The Labute approximate surface area is 68.8 Å². The second-order valence-electron chi connectivity index (χ2n) is 2.44. The van der Waals surface area contributed by atoms with Gasteiger partial charge in [0, 0.05) is 0 Å². The summed E-state index contributed by atoms with van der Waals surface area (Å²) in [5, 5.41) is 12.3. The summed E-state index contributed by atoms with van der Waals surface area (Å²) < 4.78 is 1.16. The van der Waals surface area contributed by atoms with E-state index in [1.807, 2.05) is 0 Å². The normalized spacial score (nSPS) is 12.8. The van der Waals surface area contributed by atoms with Crippen LogP contribution in [0.2, 0.25) is 0 Å². The average Bonchev–Trinajstić information content (AvgIpc) is 2.32. The summed E-state index contributed by atoms with van der Waals surface area (Å²) in [5.41, 5.74) is 11.1. The first-order valence-electron chi connectivity index (χ1n) is 3.35. The molecule has 0 aliphatic rings. The van der Waals surface area contributed by atoms with Crippen LogP contribution in [-0.2, 0) is 4.79 Å². The molecule has 0 aliphatic carbocycles. The van der Waals surface area contributed by atoms with Crippen LogP contribution < -0.4 is 11.5 Å². The average molecular weight is 170 g/mol. The molecule has 6 nitrogen and oxygen atoms in total. The molecule has 0 saturated carbocycles. The van der Waals surface area contributed by atoms with Crippen molar-refractivity contribution in [3.8, 4) is 0 Å². The molecule has 1 aromatic rings. The summed E-state index contributed by atoms with van der Waals surface area (Å²) in [6.07, 6.45) is 1.33. The van der Waals surface area contributed by atoms with Crippen molar-refractivity contribution in [3.63, 3.8) is 0 Å². The summed E-state index contributed by atoms with van der Waals surface area (Å²) >= 11 is 0. The minimum atomic E-state index is -0.996. The zero-order valence-corrected chi connectivity index (χ0v) is 6.56. The fourth-order valence-corrected chi connectivity index (χ4v) is 0.798. The van der Waals surface area contributed by atoms with E-state index < -0.39 is 12.0 Å². The molecule has 0 spiro atoms. The molecule has 0 saturated heterocycles. The monoisotopic (exact) mass is 170 g/mol. The number of hydrogen-bond donors (Lipinski definition) is 3. The first-order chi connectivity index (χ1) is 5.54. The maximum absolute atomic E-state index is 10.5. The topological polar surface area (TPSA) is 107 Å². The third kappa shape index (κ3) is 1.18. The van der Waals surface area contributed by atoms with Crippen LogP contribution in [0, 0.1) is 0 Å². The van der Waals surface area contributed by atoms with E-state index in [1.54, 1.807) is 0 Å². The predicted octanol–water partition coefficient (Wildman–Crippen LogP) is -0.307. The number of carbonyl (C=O) groups is 1. The van der Waals surface area contributed by atoms with Crippen molar-refractivity contribution in [3.05, 3.63) is 6.20 Å². The van der Waals surface area contributed by atoms with E-state index in [1.165, 1.54) is 13.1 Å². The standard InChI is InChI=1S/C6H10N4O2/c1-3(6(11)12)10-5(8)4(7)2-9-10/h2-3H,7-8H2,1H3,(H,11,12). The highest BCUT2D eigenvalue weighted by Crippen LogP contribution is 2.17. The van der Waals surface area contributed by atoms with E-state index in [0.717, 1.165) is 4.68 Å². The number of nitrogen functional groups attached to an aromatic ring is 2. The number of nitrogens with two attached hydrogens (primary N) is 2. The van der Waals surface area contributed by atoms with Gasteiger partial charge in [0.1, 0.15) is 11.9 Å². The quantitative estimate of drug-likeness (QED) is 0.564. The molecule has 6 heteroatoms. The van der Waals surface area contributed by atoms with Crippen molar-refractivity contribution < 1.29 is 9.90 Å². The van der Waals surface area contributed by atoms with E-state index in [2.05, 4.69) is 5.10 Å². The summed E-state index contributed by atoms with van der Waals surface area (Å²) in [5.74, 6) is -0.810. The summed E-state index contributed by atoms with van der Waals surface area (Å²) in [7, 11) is 0. The Bertz CT molecular complexity index is 306. The molecule has 0 aromatic carbocycles. The van der Waals surface area contributed by atoms with E-state index in [9.17, 15) is 4.79 Å². The van der Waals surface area contributed by atoms with Gasteiger partial charge in [0.15, 0.2) is 0 Å². The SMILES string of the molecule is CC(C(=O)O)n1ncc(N)c1N. The third-order valence-corrected chi connectivity index (χ3v) is 1.59. The molecule has 0 fully saturated rings. The number of hydrogen-bond acceptors (Lipinski definition) is 4. The Morgan fingerprint density at radius 1 is 1.75 bits per heavy atom. The lowest BCUT2D eigenvalue weighted by Gasteiger charge is -2.07. The van der Waals surface area contributed by atoms with Crippen LogP contribution in [-0.4, -0.2) is 20.9 Å². The molecule has 0 radical (unpaired) electrons. The van der Waals surface area contributed by atoms with E-state index in [-0.39, 0.29) is 5.82 Å². The Morgan fingerprint density at radius 3 is 2.67 bits per heavy atom. The molecule has 12 heavy (non-hydrogen) atoms. The van der Waals surface area contributed by atoms with Crippen LogP contribution in [0.15, 0.2) is 6.20 Å². The molecular weight excluding hydrogens is 160 g/mol. The lowest BCUT2D eigenvalue weighted by molar-refractivity contribution is -0.140. The first-order valence-corrected chi connectivity index (χ1v) is 3.35. The smallest absolute Gasteiger partial charge is 0.328 e. The number of rotatable bonds is 2. The van der Waals surface area contributed by atoms with E-state index in [0.29, 0.717) is 5.69 Å². The Morgan fingerprint density at radius 2 is 2.33 bits per heavy atom. The van der Waals surface area contributed by atoms with Crippen LogP contribution in [0.5, 0.6) is 0 Å². The van der Waals surface area contributed by atoms with Gasteiger partial charge >= 0.3 is 5.97 Å². The minimum Gasteiger partial charge on any atom is -0.480 e.